The van der Waals surface area contributed by atoms with Crippen molar-refractivity contribution < 1.29 is 12.9 Å². The summed E-state index contributed by atoms with van der Waals surface area (Å²) in [6.07, 6.45) is 5.96. The lowest BCUT2D eigenvalue weighted by molar-refractivity contribution is 0.257. The third kappa shape index (κ3) is 3.66. The number of hydrogen-bond donors (Lipinski definition) is 0. The Morgan fingerprint density at radius 3 is 2.62 bits per heavy atom. The van der Waals surface area contributed by atoms with E-state index in [9.17, 15) is 8.42 Å². The summed E-state index contributed by atoms with van der Waals surface area (Å²) < 4.78 is 31.6. The second-order valence-electron chi connectivity index (χ2n) is 6.41. The minimum absolute atomic E-state index is 0.224. The number of hydrogen-bond acceptors (Lipinski definition) is 4. The topological polar surface area (TPSA) is 63.4 Å². The van der Waals surface area contributed by atoms with Crippen LogP contribution < -0.4 is 0 Å². The zero-order valence-corrected chi connectivity index (χ0v) is 14.2. The SMILES string of the molecule is Cc1noc(C)c1S(=O)(=O)N(C)CC[C@@H]1CCC[C@@H](C)C1. The Bertz CT molecular complexity index is 560. The maximum absolute atomic E-state index is 12.6. The molecule has 6 heteroatoms. The summed E-state index contributed by atoms with van der Waals surface area (Å²) in [6, 6.07) is 0. The standard InChI is InChI=1S/C15H26N2O3S/c1-11-6-5-7-14(10-11)8-9-17(4)21(18,19)15-12(2)16-20-13(15)3/h11,14H,5-10H2,1-4H3/t11-,14+/m1/s1. The molecule has 0 amide bonds. The summed E-state index contributed by atoms with van der Waals surface area (Å²) in [5, 5.41) is 3.74. The molecule has 1 aliphatic rings. The number of sulfonamides is 1. The largest absolute Gasteiger partial charge is 0.360 e. The Morgan fingerprint density at radius 1 is 1.33 bits per heavy atom. The summed E-state index contributed by atoms with van der Waals surface area (Å²) >= 11 is 0. The molecule has 1 aromatic rings. The molecule has 0 aliphatic heterocycles. The first kappa shape index (κ1) is 16.5. The van der Waals surface area contributed by atoms with Gasteiger partial charge in [-0.3, -0.25) is 0 Å². The first-order valence-electron chi connectivity index (χ1n) is 7.71. The summed E-state index contributed by atoms with van der Waals surface area (Å²) in [4.78, 5) is 0.224. The molecule has 0 bridgehead atoms. The molecular weight excluding hydrogens is 288 g/mol. The molecule has 21 heavy (non-hydrogen) atoms. The van der Waals surface area contributed by atoms with Gasteiger partial charge in [-0.15, -0.1) is 0 Å². The van der Waals surface area contributed by atoms with Crippen LogP contribution in [0.2, 0.25) is 0 Å². The van der Waals surface area contributed by atoms with Crippen LogP contribution in [-0.4, -0.2) is 31.5 Å². The van der Waals surface area contributed by atoms with Crippen molar-refractivity contribution in [3.63, 3.8) is 0 Å². The zero-order valence-electron chi connectivity index (χ0n) is 13.4. The van der Waals surface area contributed by atoms with Crippen molar-refractivity contribution in [2.75, 3.05) is 13.6 Å². The van der Waals surface area contributed by atoms with E-state index in [4.69, 9.17) is 4.52 Å². The Balaban J connectivity index is 2.01. The Labute approximate surface area is 127 Å². The summed E-state index contributed by atoms with van der Waals surface area (Å²) in [5.74, 6) is 1.79. The van der Waals surface area contributed by atoms with E-state index < -0.39 is 10.0 Å². The quantitative estimate of drug-likeness (QED) is 0.837. The van der Waals surface area contributed by atoms with Crippen LogP contribution in [0.5, 0.6) is 0 Å². The molecule has 0 radical (unpaired) electrons. The van der Waals surface area contributed by atoms with Crippen molar-refractivity contribution in [1.82, 2.24) is 9.46 Å². The van der Waals surface area contributed by atoms with Crippen molar-refractivity contribution in [1.29, 1.82) is 0 Å². The monoisotopic (exact) mass is 314 g/mol. The average Bonchev–Trinajstić information content (AvgIpc) is 2.76. The van der Waals surface area contributed by atoms with Crippen LogP contribution in [0.15, 0.2) is 9.42 Å². The normalized spacial score (nSPS) is 23.7. The molecule has 0 saturated heterocycles. The number of rotatable bonds is 5. The van der Waals surface area contributed by atoms with Crippen molar-refractivity contribution >= 4 is 10.0 Å². The van der Waals surface area contributed by atoms with Gasteiger partial charge in [-0.2, -0.15) is 0 Å². The molecule has 1 fully saturated rings. The number of aryl methyl sites for hydroxylation is 2. The zero-order chi connectivity index (χ0) is 15.6. The highest BCUT2D eigenvalue weighted by atomic mass is 32.2. The predicted molar refractivity (Wildman–Crippen MR) is 81.5 cm³/mol. The third-order valence-corrected chi connectivity index (χ3v) is 6.64. The fourth-order valence-electron chi connectivity index (χ4n) is 3.31. The van der Waals surface area contributed by atoms with Gasteiger partial charge < -0.3 is 4.52 Å². The predicted octanol–water partition coefficient (Wildman–Crippen LogP) is 3.13. The lowest BCUT2D eigenvalue weighted by atomic mass is 9.81. The highest BCUT2D eigenvalue weighted by Gasteiger charge is 2.29. The highest BCUT2D eigenvalue weighted by Crippen LogP contribution is 2.31. The molecule has 1 aromatic heterocycles. The lowest BCUT2D eigenvalue weighted by Gasteiger charge is -2.28. The summed E-state index contributed by atoms with van der Waals surface area (Å²) in [6.45, 7) is 6.16. The Kier molecular flexibility index (Phi) is 5.09. The Hall–Kier alpha value is -0.880. The summed E-state index contributed by atoms with van der Waals surface area (Å²) in [7, 11) is -1.85. The molecule has 0 unspecified atom stereocenters. The van der Waals surface area contributed by atoms with Crippen LogP contribution in [0.3, 0.4) is 0 Å². The molecule has 2 rings (SSSR count). The fourth-order valence-corrected chi connectivity index (χ4v) is 4.77. The van der Waals surface area contributed by atoms with E-state index in [0.29, 0.717) is 23.9 Å². The van der Waals surface area contributed by atoms with Crippen LogP contribution >= 0.6 is 0 Å². The lowest BCUT2D eigenvalue weighted by Crippen LogP contribution is -2.30. The minimum Gasteiger partial charge on any atom is -0.360 e. The molecule has 1 aliphatic carbocycles. The van der Waals surface area contributed by atoms with Crippen LogP contribution in [-0.2, 0) is 10.0 Å². The van der Waals surface area contributed by atoms with E-state index in [1.54, 1.807) is 20.9 Å². The van der Waals surface area contributed by atoms with Crippen LogP contribution in [0.1, 0.15) is 50.5 Å². The summed E-state index contributed by atoms with van der Waals surface area (Å²) in [5.41, 5.74) is 0.436. The number of aromatic nitrogens is 1. The van der Waals surface area contributed by atoms with E-state index in [1.807, 2.05) is 0 Å². The highest BCUT2D eigenvalue weighted by molar-refractivity contribution is 7.89. The van der Waals surface area contributed by atoms with Crippen molar-refractivity contribution in [3.8, 4) is 0 Å². The van der Waals surface area contributed by atoms with Gasteiger partial charge in [0, 0.05) is 13.6 Å². The van der Waals surface area contributed by atoms with Gasteiger partial charge in [-0.05, 0) is 38.5 Å². The molecule has 1 saturated carbocycles. The molecule has 1 heterocycles. The molecular formula is C15H26N2O3S. The van der Waals surface area contributed by atoms with E-state index in [0.717, 1.165) is 12.3 Å². The van der Waals surface area contributed by atoms with Crippen molar-refractivity contribution in [3.05, 3.63) is 11.5 Å². The maximum Gasteiger partial charge on any atom is 0.248 e. The smallest absolute Gasteiger partial charge is 0.248 e. The van der Waals surface area contributed by atoms with Gasteiger partial charge in [0.2, 0.25) is 10.0 Å². The average molecular weight is 314 g/mol. The van der Waals surface area contributed by atoms with Gasteiger partial charge in [0.25, 0.3) is 0 Å². The molecule has 5 nitrogen and oxygen atoms in total. The van der Waals surface area contributed by atoms with Gasteiger partial charge in [-0.1, -0.05) is 31.3 Å². The van der Waals surface area contributed by atoms with Crippen molar-refractivity contribution in [2.45, 2.75) is 57.8 Å². The van der Waals surface area contributed by atoms with Crippen LogP contribution in [0.4, 0.5) is 0 Å². The van der Waals surface area contributed by atoms with Gasteiger partial charge in [0.05, 0.1) is 0 Å². The van der Waals surface area contributed by atoms with E-state index in [-0.39, 0.29) is 4.90 Å². The van der Waals surface area contributed by atoms with E-state index >= 15 is 0 Å². The van der Waals surface area contributed by atoms with E-state index in [2.05, 4.69) is 12.1 Å². The first-order valence-corrected chi connectivity index (χ1v) is 9.15. The van der Waals surface area contributed by atoms with Gasteiger partial charge in [-0.25, -0.2) is 12.7 Å². The number of nitrogens with zero attached hydrogens (tertiary/aromatic N) is 2. The van der Waals surface area contributed by atoms with Crippen molar-refractivity contribution in [2.24, 2.45) is 11.8 Å². The van der Waals surface area contributed by atoms with Gasteiger partial charge in [0.1, 0.15) is 10.6 Å². The second kappa shape index (κ2) is 6.48. The Morgan fingerprint density at radius 2 is 2.05 bits per heavy atom. The second-order valence-corrected chi connectivity index (χ2v) is 8.39. The van der Waals surface area contributed by atoms with Crippen LogP contribution in [0, 0.1) is 25.7 Å². The minimum atomic E-state index is -3.49. The van der Waals surface area contributed by atoms with Gasteiger partial charge >= 0.3 is 0 Å². The molecule has 0 N–H and O–H groups in total. The fraction of sp³-hybridized carbons (Fsp3) is 0.800. The molecule has 0 aromatic carbocycles. The first-order chi connectivity index (χ1) is 9.82. The molecule has 120 valence electrons. The van der Waals surface area contributed by atoms with E-state index in [1.165, 1.54) is 30.0 Å². The van der Waals surface area contributed by atoms with Gasteiger partial charge in [0.15, 0.2) is 5.76 Å². The third-order valence-electron chi connectivity index (χ3n) is 4.53. The maximum atomic E-state index is 12.6. The molecule has 0 spiro atoms. The van der Waals surface area contributed by atoms with Crippen LogP contribution in [0.25, 0.3) is 0 Å². The molecule has 2 atom stereocenters.